The van der Waals surface area contributed by atoms with Gasteiger partial charge in [-0.15, -0.1) is 0 Å². The minimum atomic E-state index is 0.274. The van der Waals surface area contributed by atoms with Crippen molar-refractivity contribution in [3.63, 3.8) is 0 Å². The van der Waals surface area contributed by atoms with Gasteiger partial charge in [0.2, 0.25) is 0 Å². The van der Waals surface area contributed by atoms with E-state index in [1.807, 2.05) is 0 Å². The van der Waals surface area contributed by atoms with Gasteiger partial charge in [0.05, 0.1) is 6.61 Å². The van der Waals surface area contributed by atoms with Crippen molar-refractivity contribution in [2.24, 2.45) is 0 Å². The molecule has 5 heteroatoms. The van der Waals surface area contributed by atoms with Gasteiger partial charge >= 0.3 is 0 Å². The van der Waals surface area contributed by atoms with Gasteiger partial charge in [0.15, 0.2) is 5.11 Å². The molecule has 0 saturated carbocycles. The van der Waals surface area contributed by atoms with Gasteiger partial charge < -0.3 is 19.9 Å². The summed E-state index contributed by atoms with van der Waals surface area (Å²) >= 11 is 5.38. The second-order valence-electron chi connectivity index (χ2n) is 4.66. The van der Waals surface area contributed by atoms with E-state index in [0.29, 0.717) is 12.6 Å². The van der Waals surface area contributed by atoms with Crippen molar-refractivity contribution in [3.05, 3.63) is 0 Å². The number of likely N-dealkylation sites (tertiary alicyclic amines) is 1. The zero-order valence-electron chi connectivity index (χ0n) is 10.7. The van der Waals surface area contributed by atoms with Crippen LogP contribution in [0.2, 0.25) is 0 Å². The van der Waals surface area contributed by atoms with Crippen molar-refractivity contribution >= 4 is 17.3 Å². The predicted octanol–water partition coefficient (Wildman–Crippen LogP) is 0.532. The van der Waals surface area contributed by atoms with E-state index in [0.717, 1.165) is 18.2 Å². The maximum Gasteiger partial charge on any atom is 0.169 e. The molecule has 0 amide bonds. The lowest BCUT2D eigenvalue weighted by molar-refractivity contribution is 0.178. The number of thiocarbonyl (C=S) groups is 1. The van der Waals surface area contributed by atoms with Crippen LogP contribution in [0.15, 0.2) is 0 Å². The third-order valence-corrected chi connectivity index (χ3v) is 3.34. The topological polar surface area (TPSA) is 27.7 Å². The summed E-state index contributed by atoms with van der Waals surface area (Å²) in [5.74, 6) is 0. The summed E-state index contributed by atoms with van der Waals surface area (Å²) in [6.07, 6.45) is 1.19. The van der Waals surface area contributed by atoms with Crippen molar-refractivity contribution in [2.75, 3.05) is 40.9 Å². The number of ether oxygens (including phenoxy) is 1. The summed E-state index contributed by atoms with van der Waals surface area (Å²) in [6, 6.07) is 0.897. The summed E-state index contributed by atoms with van der Waals surface area (Å²) in [4.78, 5) is 4.51. The highest BCUT2D eigenvalue weighted by molar-refractivity contribution is 7.80. The van der Waals surface area contributed by atoms with Crippen LogP contribution in [0.1, 0.15) is 13.3 Å². The Balaban J connectivity index is 2.33. The van der Waals surface area contributed by atoms with Crippen LogP contribution in [0.5, 0.6) is 0 Å². The molecule has 2 unspecified atom stereocenters. The van der Waals surface area contributed by atoms with Crippen molar-refractivity contribution in [2.45, 2.75) is 25.4 Å². The molecule has 1 rings (SSSR count). The number of nitrogens with zero attached hydrogens (tertiary/aromatic N) is 2. The molecular formula is C11H23N3OS. The fourth-order valence-corrected chi connectivity index (χ4v) is 2.31. The molecule has 1 N–H and O–H groups in total. The standard InChI is InChI=1S/C11H23N3OS/c1-9(8-15-4)12-11(16)14-6-5-10(7-14)13(2)3/h9-10H,5-8H2,1-4H3,(H,12,16). The molecule has 1 aliphatic heterocycles. The molecule has 1 heterocycles. The van der Waals surface area contributed by atoms with Crippen LogP contribution < -0.4 is 5.32 Å². The molecule has 4 nitrogen and oxygen atoms in total. The average molecular weight is 245 g/mol. The summed E-state index contributed by atoms with van der Waals surface area (Å²) in [5.41, 5.74) is 0. The van der Waals surface area contributed by atoms with E-state index in [1.54, 1.807) is 7.11 Å². The Labute approximate surface area is 104 Å². The molecular weight excluding hydrogens is 222 g/mol. The maximum absolute atomic E-state index is 5.38. The van der Waals surface area contributed by atoms with Crippen molar-refractivity contribution < 1.29 is 4.74 Å². The molecule has 0 aromatic heterocycles. The van der Waals surface area contributed by atoms with Crippen molar-refractivity contribution in [1.82, 2.24) is 15.1 Å². The molecule has 0 radical (unpaired) electrons. The summed E-state index contributed by atoms with van der Waals surface area (Å²) in [7, 11) is 5.95. The van der Waals surface area contributed by atoms with Crippen LogP contribution in [0.3, 0.4) is 0 Å². The van der Waals surface area contributed by atoms with Gasteiger partial charge in [-0.1, -0.05) is 0 Å². The zero-order chi connectivity index (χ0) is 12.1. The largest absolute Gasteiger partial charge is 0.383 e. The molecule has 1 aliphatic rings. The monoisotopic (exact) mass is 245 g/mol. The molecule has 2 atom stereocenters. The molecule has 0 aromatic rings. The lowest BCUT2D eigenvalue weighted by Crippen LogP contribution is -2.45. The van der Waals surface area contributed by atoms with Crippen molar-refractivity contribution in [3.8, 4) is 0 Å². The normalized spacial score (nSPS) is 22.6. The van der Waals surface area contributed by atoms with E-state index in [1.165, 1.54) is 6.42 Å². The SMILES string of the molecule is COCC(C)NC(=S)N1CCC(N(C)C)C1. The Morgan fingerprint density at radius 1 is 1.62 bits per heavy atom. The smallest absolute Gasteiger partial charge is 0.169 e. The summed E-state index contributed by atoms with van der Waals surface area (Å²) < 4.78 is 5.08. The van der Waals surface area contributed by atoms with Crippen LogP contribution >= 0.6 is 12.2 Å². The van der Waals surface area contributed by atoms with E-state index in [9.17, 15) is 0 Å². The molecule has 94 valence electrons. The Morgan fingerprint density at radius 2 is 2.31 bits per heavy atom. The third-order valence-electron chi connectivity index (χ3n) is 2.97. The lowest BCUT2D eigenvalue weighted by Gasteiger charge is -2.25. The van der Waals surface area contributed by atoms with Gasteiger partial charge in [-0.3, -0.25) is 0 Å². The van der Waals surface area contributed by atoms with Gasteiger partial charge in [0, 0.05) is 32.3 Å². The number of hydrogen-bond donors (Lipinski definition) is 1. The fourth-order valence-electron chi connectivity index (χ4n) is 1.94. The Kier molecular flexibility index (Phi) is 5.44. The number of likely N-dealkylation sites (N-methyl/N-ethyl adjacent to an activating group) is 1. The Morgan fingerprint density at radius 3 is 2.81 bits per heavy atom. The maximum atomic E-state index is 5.38. The predicted molar refractivity (Wildman–Crippen MR) is 70.7 cm³/mol. The second-order valence-corrected chi connectivity index (χ2v) is 5.04. The molecule has 0 aromatic carbocycles. The summed E-state index contributed by atoms with van der Waals surface area (Å²) in [5, 5.41) is 4.15. The molecule has 16 heavy (non-hydrogen) atoms. The number of methoxy groups -OCH3 is 1. The van der Waals surface area contributed by atoms with E-state index in [4.69, 9.17) is 17.0 Å². The van der Waals surface area contributed by atoms with Crippen LogP contribution in [-0.2, 0) is 4.74 Å². The van der Waals surface area contributed by atoms with Gasteiger partial charge in [0.25, 0.3) is 0 Å². The van der Waals surface area contributed by atoms with Gasteiger partial charge in [-0.25, -0.2) is 0 Å². The number of rotatable bonds is 4. The van der Waals surface area contributed by atoms with Crippen LogP contribution in [-0.4, -0.2) is 67.9 Å². The molecule has 1 saturated heterocycles. The minimum absolute atomic E-state index is 0.274. The van der Waals surface area contributed by atoms with E-state index >= 15 is 0 Å². The molecule has 0 aliphatic carbocycles. The van der Waals surface area contributed by atoms with Gasteiger partial charge in [-0.2, -0.15) is 0 Å². The van der Waals surface area contributed by atoms with E-state index in [-0.39, 0.29) is 6.04 Å². The van der Waals surface area contributed by atoms with E-state index < -0.39 is 0 Å². The average Bonchev–Trinajstić information content (AvgIpc) is 2.66. The Hall–Kier alpha value is -0.390. The Bertz CT molecular complexity index is 235. The van der Waals surface area contributed by atoms with Crippen molar-refractivity contribution in [1.29, 1.82) is 0 Å². The zero-order valence-corrected chi connectivity index (χ0v) is 11.5. The first kappa shape index (κ1) is 13.7. The van der Waals surface area contributed by atoms with Crippen LogP contribution in [0.4, 0.5) is 0 Å². The number of nitrogens with one attached hydrogen (secondary N) is 1. The summed E-state index contributed by atoms with van der Waals surface area (Å²) in [6.45, 7) is 4.84. The van der Waals surface area contributed by atoms with Gasteiger partial charge in [-0.05, 0) is 39.7 Å². The van der Waals surface area contributed by atoms with Crippen LogP contribution in [0, 0.1) is 0 Å². The first-order chi connectivity index (χ1) is 7.54. The number of hydrogen-bond acceptors (Lipinski definition) is 3. The lowest BCUT2D eigenvalue weighted by atomic mass is 10.2. The fraction of sp³-hybridized carbons (Fsp3) is 0.909. The minimum Gasteiger partial charge on any atom is -0.383 e. The second kappa shape index (κ2) is 6.37. The first-order valence-electron chi connectivity index (χ1n) is 5.75. The van der Waals surface area contributed by atoms with E-state index in [2.05, 4.69) is 36.1 Å². The highest BCUT2D eigenvalue weighted by Gasteiger charge is 2.25. The quantitative estimate of drug-likeness (QED) is 0.730. The molecule has 1 fully saturated rings. The highest BCUT2D eigenvalue weighted by atomic mass is 32.1. The highest BCUT2D eigenvalue weighted by Crippen LogP contribution is 2.13. The van der Waals surface area contributed by atoms with Gasteiger partial charge in [0.1, 0.15) is 0 Å². The third kappa shape index (κ3) is 3.88. The first-order valence-corrected chi connectivity index (χ1v) is 6.16. The molecule has 0 spiro atoms. The van der Waals surface area contributed by atoms with Crippen LogP contribution in [0.25, 0.3) is 0 Å². The molecule has 0 bridgehead atoms.